The maximum Gasteiger partial charge on any atom is 0.172 e. The highest BCUT2D eigenvalue weighted by Crippen LogP contribution is 2.31. The molecule has 0 radical (unpaired) electrons. The number of rotatable bonds is 7. The number of hydrogen-bond donors (Lipinski definition) is 1. The molecule has 1 fully saturated rings. The number of methoxy groups -OCH3 is 2. The van der Waals surface area contributed by atoms with Gasteiger partial charge in [0.1, 0.15) is 0 Å². The molecule has 0 heterocycles. The molecule has 0 amide bonds. The lowest BCUT2D eigenvalue weighted by molar-refractivity contribution is -0.138. The van der Waals surface area contributed by atoms with E-state index in [4.69, 9.17) is 9.47 Å². The van der Waals surface area contributed by atoms with E-state index in [1.54, 1.807) is 14.2 Å². The third-order valence-electron chi connectivity index (χ3n) is 3.05. The average molecular weight is 201 g/mol. The van der Waals surface area contributed by atoms with E-state index in [1.807, 2.05) is 0 Å². The lowest BCUT2D eigenvalue weighted by Gasteiger charge is -2.37. The van der Waals surface area contributed by atoms with Gasteiger partial charge in [0.05, 0.1) is 6.04 Å². The van der Waals surface area contributed by atoms with Crippen molar-refractivity contribution < 1.29 is 9.47 Å². The second-order valence-corrected chi connectivity index (χ2v) is 4.01. The van der Waals surface area contributed by atoms with Crippen molar-refractivity contribution in [2.75, 3.05) is 20.8 Å². The molecule has 1 aliphatic carbocycles. The van der Waals surface area contributed by atoms with Gasteiger partial charge in [-0.3, -0.25) is 0 Å². The van der Waals surface area contributed by atoms with E-state index < -0.39 is 0 Å². The lowest BCUT2D eigenvalue weighted by Crippen LogP contribution is -2.49. The lowest BCUT2D eigenvalue weighted by atomic mass is 9.79. The molecule has 1 N–H and O–H groups in total. The van der Waals surface area contributed by atoms with E-state index in [0.29, 0.717) is 6.04 Å². The fourth-order valence-corrected chi connectivity index (χ4v) is 1.98. The largest absolute Gasteiger partial charge is 0.354 e. The van der Waals surface area contributed by atoms with Gasteiger partial charge in [0, 0.05) is 14.2 Å². The van der Waals surface area contributed by atoms with Crippen LogP contribution in [0.5, 0.6) is 0 Å². The van der Waals surface area contributed by atoms with E-state index in [-0.39, 0.29) is 6.29 Å². The van der Waals surface area contributed by atoms with Crippen molar-refractivity contribution in [1.82, 2.24) is 5.32 Å². The van der Waals surface area contributed by atoms with Crippen LogP contribution in [0, 0.1) is 5.92 Å². The van der Waals surface area contributed by atoms with Crippen molar-refractivity contribution in [3.63, 3.8) is 0 Å². The van der Waals surface area contributed by atoms with Crippen molar-refractivity contribution in [1.29, 1.82) is 0 Å². The van der Waals surface area contributed by atoms with Crippen LogP contribution in [-0.4, -0.2) is 33.1 Å². The van der Waals surface area contributed by atoms with E-state index in [2.05, 4.69) is 12.2 Å². The van der Waals surface area contributed by atoms with Crippen LogP contribution in [0.1, 0.15) is 32.6 Å². The molecule has 1 aliphatic rings. The Morgan fingerprint density at radius 1 is 1.29 bits per heavy atom. The zero-order valence-corrected chi connectivity index (χ0v) is 9.58. The molecule has 0 aliphatic heterocycles. The van der Waals surface area contributed by atoms with E-state index in [9.17, 15) is 0 Å². The van der Waals surface area contributed by atoms with E-state index in [0.717, 1.165) is 18.9 Å². The minimum absolute atomic E-state index is 0.0909. The Morgan fingerprint density at radius 2 is 1.93 bits per heavy atom. The molecule has 0 bridgehead atoms. The zero-order valence-electron chi connectivity index (χ0n) is 9.58. The van der Waals surface area contributed by atoms with Gasteiger partial charge in [0.25, 0.3) is 0 Å². The first-order valence-electron chi connectivity index (χ1n) is 5.62. The third kappa shape index (κ3) is 2.94. The highest BCUT2D eigenvalue weighted by Gasteiger charge is 2.32. The molecular weight excluding hydrogens is 178 g/mol. The van der Waals surface area contributed by atoms with Crippen LogP contribution in [-0.2, 0) is 9.47 Å². The molecule has 1 rings (SSSR count). The summed E-state index contributed by atoms with van der Waals surface area (Å²) in [6.07, 6.45) is 5.04. The SMILES string of the molecule is CCCNC(C1CCC1)C(OC)OC. The summed E-state index contributed by atoms with van der Waals surface area (Å²) in [6, 6.07) is 0.374. The van der Waals surface area contributed by atoms with Crippen molar-refractivity contribution in [3.05, 3.63) is 0 Å². The highest BCUT2D eigenvalue weighted by molar-refractivity contribution is 4.85. The summed E-state index contributed by atoms with van der Waals surface area (Å²) in [7, 11) is 3.43. The summed E-state index contributed by atoms with van der Waals surface area (Å²) < 4.78 is 10.7. The predicted octanol–water partition coefficient (Wildman–Crippen LogP) is 1.77. The van der Waals surface area contributed by atoms with Crippen LogP contribution in [0.4, 0.5) is 0 Å². The maximum atomic E-state index is 5.33. The molecule has 0 aromatic rings. The predicted molar refractivity (Wildman–Crippen MR) is 57.2 cm³/mol. The molecule has 0 spiro atoms. The number of hydrogen-bond acceptors (Lipinski definition) is 3. The van der Waals surface area contributed by atoms with Gasteiger partial charge in [-0.25, -0.2) is 0 Å². The molecular formula is C11H23NO2. The topological polar surface area (TPSA) is 30.5 Å². The first-order valence-corrected chi connectivity index (χ1v) is 5.62. The number of ether oxygens (including phenoxy) is 2. The van der Waals surface area contributed by atoms with Crippen LogP contribution in [0.2, 0.25) is 0 Å². The molecule has 1 unspecified atom stereocenters. The van der Waals surface area contributed by atoms with Crippen molar-refractivity contribution in [3.8, 4) is 0 Å². The summed E-state index contributed by atoms with van der Waals surface area (Å²) in [5.74, 6) is 0.742. The van der Waals surface area contributed by atoms with Gasteiger partial charge in [0.15, 0.2) is 6.29 Å². The minimum Gasteiger partial charge on any atom is -0.354 e. The molecule has 1 atom stereocenters. The van der Waals surface area contributed by atoms with Gasteiger partial charge >= 0.3 is 0 Å². The molecule has 84 valence electrons. The van der Waals surface area contributed by atoms with Crippen molar-refractivity contribution >= 4 is 0 Å². The fraction of sp³-hybridized carbons (Fsp3) is 1.00. The second-order valence-electron chi connectivity index (χ2n) is 4.01. The first-order chi connectivity index (χ1) is 6.83. The third-order valence-corrected chi connectivity index (χ3v) is 3.05. The summed E-state index contributed by atoms with van der Waals surface area (Å²) in [5, 5.41) is 3.52. The van der Waals surface area contributed by atoms with Crippen LogP contribution < -0.4 is 5.32 Å². The molecule has 0 aromatic heterocycles. The van der Waals surface area contributed by atoms with Crippen LogP contribution in [0.15, 0.2) is 0 Å². The Kier molecular flexibility index (Phi) is 5.45. The van der Waals surface area contributed by atoms with Crippen LogP contribution in [0.25, 0.3) is 0 Å². The molecule has 0 saturated heterocycles. The van der Waals surface area contributed by atoms with Gasteiger partial charge in [0.2, 0.25) is 0 Å². The Labute approximate surface area is 87.2 Å². The minimum atomic E-state index is -0.0909. The second kappa shape index (κ2) is 6.38. The van der Waals surface area contributed by atoms with Gasteiger partial charge < -0.3 is 14.8 Å². The summed E-state index contributed by atoms with van der Waals surface area (Å²) >= 11 is 0. The first kappa shape index (κ1) is 12.0. The molecule has 14 heavy (non-hydrogen) atoms. The van der Waals surface area contributed by atoms with Crippen LogP contribution in [0.3, 0.4) is 0 Å². The average Bonchev–Trinajstić information content (AvgIpc) is 2.12. The summed E-state index contributed by atoms with van der Waals surface area (Å²) in [5.41, 5.74) is 0. The summed E-state index contributed by atoms with van der Waals surface area (Å²) in [4.78, 5) is 0. The smallest absolute Gasteiger partial charge is 0.172 e. The zero-order chi connectivity index (χ0) is 10.4. The van der Waals surface area contributed by atoms with E-state index >= 15 is 0 Å². The fourth-order valence-electron chi connectivity index (χ4n) is 1.98. The van der Waals surface area contributed by atoms with Gasteiger partial charge in [-0.1, -0.05) is 13.3 Å². The Bertz CT molecular complexity index is 144. The highest BCUT2D eigenvalue weighted by atomic mass is 16.7. The summed E-state index contributed by atoms with van der Waals surface area (Å²) in [6.45, 7) is 3.23. The van der Waals surface area contributed by atoms with Gasteiger partial charge in [-0.2, -0.15) is 0 Å². The van der Waals surface area contributed by atoms with Crippen LogP contribution >= 0.6 is 0 Å². The molecule has 3 heteroatoms. The van der Waals surface area contributed by atoms with Crippen molar-refractivity contribution in [2.24, 2.45) is 5.92 Å². The maximum absolute atomic E-state index is 5.33. The van der Waals surface area contributed by atoms with Gasteiger partial charge in [-0.15, -0.1) is 0 Å². The molecule has 1 saturated carbocycles. The van der Waals surface area contributed by atoms with E-state index in [1.165, 1.54) is 19.3 Å². The Hall–Kier alpha value is -0.120. The molecule has 0 aromatic carbocycles. The normalized spacial score (nSPS) is 19.7. The van der Waals surface area contributed by atoms with Crippen molar-refractivity contribution in [2.45, 2.75) is 44.9 Å². The monoisotopic (exact) mass is 201 g/mol. The molecule has 3 nitrogen and oxygen atoms in total. The Balaban J connectivity index is 2.41. The Morgan fingerprint density at radius 3 is 2.29 bits per heavy atom. The van der Waals surface area contributed by atoms with Gasteiger partial charge in [-0.05, 0) is 31.7 Å². The standard InChI is InChI=1S/C11H23NO2/c1-4-8-12-10(9-6-5-7-9)11(13-2)14-3/h9-12H,4-8H2,1-3H3. The quantitative estimate of drug-likeness (QED) is 0.637. The number of nitrogens with one attached hydrogen (secondary N) is 1.